The van der Waals surface area contributed by atoms with E-state index in [1.807, 2.05) is 6.92 Å². The molecular formula is C18H17FN2O2. The topological polar surface area (TPSA) is 58.2 Å². The van der Waals surface area contributed by atoms with Gasteiger partial charge in [-0.05, 0) is 37.3 Å². The van der Waals surface area contributed by atoms with Gasteiger partial charge in [-0.1, -0.05) is 24.3 Å². The highest BCUT2D eigenvalue weighted by atomic mass is 19.1. The van der Waals surface area contributed by atoms with Gasteiger partial charge in [0.1, 0.15) is 5.82 Å². The first kappa shape index (κ1) is 16.4. The van der Waals surface area contributed by atoms with Gasteiger partial charge in [-0.2, -0.15) is 0 Å². The predicted octanol–water partition coefficient (Wildman–Crippen LogP) is 3.23. The molecule has 23 heavy (non-hydrogen) atoms. The Morgan fingerprint density at radius 3 is 2.65 bits per heavy atom. The fourth-order valence-corrected chi connectivity index (χ4v) is 1.96. The van der Waals surface area contributed by atoms with Gasteiger partial charge in [0, 0.05) is 29.4 Å². The largest absolute Gasteiger partial charge is 0.352 e. The monoisotopic (exact) mass is 312 g/mol. The summed E-state index contributed by atoms with van der Waals surface area (Å²) in [5.74, 6) is -0.999. The summed E-state index contributed by atoms with van der Waals surface area (Å²) in [4.78, 5) is 23.6. The van der Waals surface area contributed by atoms with Crippen LogP contribution in [0.2, 0.25) is 0 Å². The van der Waals surface area contributed by atoms with Crippen molar-refractivity contribution in [2.75, 3.05) is 11.9 Å². The Bertz CT molecular complexity index is 741. The highest BCUT2D eigenvalue weighted by Gasteiger charge is 2.06. The fraction of sp³-hybridized carbons (Fsp3) is 0.111. The zero-order valence-electron chi connectivity index (χ0n) is 12.7. The van der Waals surface area contributed by atoms with E-state index in [0.29, 0.717) is 23.4 Å². The van der Waals surface area contributed by atoms with Crippen molar-refractivity contribution in [1.82, 2.24) is 5.32 Å². The van der Waals surface area contributed by atoms with Gasteiger partial charge in [-0.3, -0.25) is 9.59 Å². The molecule has 2 N–H and O–H groups in total. The SMILES string of the molecule is CCNC(=O)c1cccc(NC(=O)/C=C/c2ccccc2F)c1. The normalized spacial score (nSPS) is 10.5. The summed E-state index contributed by atoms with van der Waals surface area (Å²) in [5, 5.41) is 5.33. The highest BCUT2D eigenvalue weighted by Crippen LogP contribution is 2.12. The summed E-state index contributed by atoms with van der Waals surface area (Å²) in [6.07, 6.45) is 2.65. The number of benzene rings is 2. The maximum Gasteiger partial charge on any atom is 0.251 e. The van der Waals surface area contributed by atoms with E-state index < -0.39 is 11.7 Å². The average molecular weight is 312 g/mol. The lowest BCUT2D eigenvalue weighted by molar-refractivity contribution is -0.111. The molecule has 0 aliphatic carbocycles. The molecule has 2 aromatic carbocycles. The quantitative estimate of drug-likeness (QED) is 0.833. The third-order valence-corrected chi connectivity index (χ3v) is 3.05. The number of hydrogen-bond donors (Lipinski definition) is 2. The minimum atomic E-state index is -0.402. The van der Waals surface area contributed by atoms with Crippen molar-refractivity contribution in [2.45, 2.75) is 6.92 Å². The lowest BCUT2D eigenvalue weighted by atomic mass is 10.2. The van der Waals surface area contributed by atoms with Gasteiger partial charge < -0.3 is 10.6 Å². The number of nitrogens with one attached hydrogen (secondary N) is 2. The number of carbonyl (C=O) groups excluding carboxylic acids is 2. The third-order valence-electron chi connectivity index (χ3n) is 3.05. The van der Waals surface area contributed by atoms with Crippen LogP contribution in [0.1, 0.15) is 22.8 Å². The minimum Gasteiger partial charge on any atom is -0.352 e. The summed E-state index contributed by atoms with van der Waals surface area (Å²) in [6.45, 7) is 2.36. The van der Waals surface area contributed by atoms with Gasteiger partial charge in [-0.15, -0.1) is 0 Å². The standard InChI is InChI=1S/C18H17FN2O2/c1-2-20-18(23)14-7-5-8-15(12-14)21-17(22)11-10-13-6-3-4-9-16(13)19/h3-12H,2H2,1H3,(H,20,23)(H,21,22)/b11-10+. The molecule has 0 saturated carbocycles. The zero-order chi connectivity index (χ0) is 16.7. The van der Waals surface area contributed by atoms with Crippen molar-refractivity contribution in [1.29, 1.82) is 0 Å². The maximum absolute atomic E-state index is 13.5. The van der Waals surface area contributed by atoms with Gasteiger partial charge >= 0.3 is 0 Å². The van der Waals surface area contributed by atoms with Gasteiger partial charge in [0.15, 0.2) is 0 Å². The first-order valence-electron chi connectivity index (χ1n) is 7.22. The molecule has 0 heterocycles. The number of halogens is 1. The van der Waals surface area contributed by atoms with Crippen LogP contribution in [0.5, 0.6) is 0 Å². The second kappa shape index (κ2) is 7.89. The van der Waals surface area contributed by atoms with Crippen LogP contribution in [0.4, 0.5) is 10.1 Å². The van der Waals surface area contributed by atoms with Crippen LogP contribution in [0.3, 0.4) is 0 Å². The predicted molar refractivity (Wildman–Crippen MR) is 88.5 cm³/mol. The molecule has 2 amide bonds. The van der Waals surface area contributed by atoms with Crippen molar-refractivity contribution in [3.05, 3.63) is 71.6 Å². The van der Waals surface area contributed by atoms with Crippen LogP contribution in [0.15, 0.2) is 54.6 Å². The van der Waals surface area contributed by atoms with Crippen molar-refractivity contribution in [3.63, 3.8) is 0 Å². The van der Waals surface area contributed by atoms with Gasteiger partial charge in [0.05, 0.1) is 0 Å². The third kappa shape index (κ3) is 4.78. The van der Waals surface area contributed by atoms with Crippen LogP contribution < -0.4 is 10.6 Å². The Balaban J connectivity index is 2.04. The smallest absolute Gasteiger partial charge is 0.251 e. The molecule has 0 aliphatic heterocycles. The summed E-state index contributed by atoms with van der Waals surface area (Å²) in [6, 6.07) is 12.8. The first-order valence-corrected chi connectivity index (χ1v) is 7.22. The average Bonchev–Trinajstić information content (AvgIpc) is 2.54. The van der Waals surface area contributed by atoms with Crippen LogP contribution in [-0.2, 0) is 4.79 Å². The molecule has 0 aliphatic rings. The molecule has 5 heteroatoms. The van der Waals surface area contributed by atoms with Gasteiger partial charge in [-0.25, -0.2) is 4.39 Å². The summed E-state index contributed by atoms with van der Waals surface area (Å²) in [5.41, 5.74) is 1.29. The molecule has 2 aromatic rings. The molecule has 2 rings (SSSR count). The number of carbonyl (C=O) groups is 2. The van der Waals surface area contributed by atoms with Crippen molar-refractivity contribution in [3.8, 4) is 0 Å². The number of anilines is 1. The van der Waals surface area contributed by atoms with E-state index in [-0.39, 0.29) is 5.91 Å². The van der Waals surface area contributed by atoms with Gasteiger partial charge in [0.2, 0.25) is 5.91 Å². The van der Waals surface area contributed by atoms with Crippen molar-refractivity contribution < 1.29 is 14.0 Å². The zero-order valence-corrected chi connectivity index (χ0v) is 12.7. The molecule has 0 bridgehead atoms. The van der Waals surface area contributed by atoms with Crippen molar-refractivity contribution in [2.24, 2.45) is 0 Å². The van der Waals surface area contributed by atoms with Crippen molar-refractivity contribution >= 4 is 23.6 Å². The second-order valence-corrected chi connectivity index (χ2v) is 4.78. The lowest BCUT2D eigenvalue weighted by Gasteiger charge is -2.06. The van der Waals surface area contributed by atoms with E-state index in [2.05, 4.69) is 10.6 Å². The molecule has 0 spiro atoms. The van der Waals surface area contributed by atoms with Crippen LogP contribution in [0.25, 0.3) is 6.08 Å². The van der Waals surface area contributed by atoms with E-state index in [1.54, 1.807) is 42.5 Å². The number of amides is 2. The highest BCUT2D eigenvalue weighted by molar-refractivity contribution is 6.03. The van der Waals surface area contributed by atoms with E-state index in [9.17, 15) is 14.0 Å². The van der Waals surface area contributed by atoms with Crippen LogP contribution >= 0.6 is 0 Å². The molecule has 0 atom stereocenters. The Morgan fingerprint density at radius 2 is 1.91 bits per heavy atom. The first-order chi connectivity index (χ1) is 11.1. The molecule has 0 saturated heterocycles. The lowest BCUT2D eigenvalue weighted by Crippen LogP contribution is -2.22. The minimum absolute atomic E-state index is 0.203. The summed E-state index contributed by atoms with van der Waals surface area (Å²) < 4.78 is 13.5. The number of hydrogen-bond acceptors (Lipinski definition) is 2. The fourth-order valence-electron chi connectivity index (χ4n) is 1.96. The second-order valence-electron chi connectivity index (χ2n) is 4.78. The van der Waals surface area contributed by atoms with E-state index in [1.165, 1.54) is 18.2 Å². The van der Waals surface area contributed by atoms with Crippen LogP contribution in [-0.4, -0.2) is 18.4 Å². The molecular weight excluding hydrogens is 295 g/mol. The Kier molecular flexibility index (Phi) is 5.63. The van der Waals surface area contributed by atoms with E-state index in [0.717, 1.165) is 0 Å². The molecule has 118 valence electrons. The maximum atomic E-state index is 13.5. The van der Waals surface area contributed by atoms with E-state index in [4.69, 9.17) is 0 Å². The molecule has 0 aromatic heterocycles. The van der Waals surface area contributed by atoms with E-state index >= 15 is 0 Å². The summed E-state index contributed by atoms with van der Waals surface area (Å²) >= 11 is 0. The molecule has 0 radical (unpaired) electrons. The van der Waals surface area contributed by atoms with Crippen LogP contribution in [0, 0.1) is 5.82 Å². The van der Waals surface area contributed by atoms with Gasteiger partial charge in [0.25, 0.3) is 5.91 Å². The molecule has 4 nitrogen and oxygen atoms in total. The molecule has 0 unspecified atom stereocenters. The summed E-state index contributed by atoms with van der Waals surface area (Å²) in [7, 11) is 0. The molecule has 0 fully saturated rings. The Morgan fingerprint density at radius 1 is 1.13 bits per heavy atom. The number of rotatable bonds is 5. The Labute approximate surface area is 134 Å². The Hall–Kier alpha value is -2.95.